The minimum Gasteiger partial charge on any atom is -0.368 e. The van der Waals surface area contributed by atoms with Crippen LogP contribution in [0, 0.1) is 5.92 Å². The van der Waals surface area contributed by atoms with Gasteiger partial charge in [-0.2, -0.15) is 0 Å². The Kier molecular flexibility index (Phi) is 4.68. The molecule has 1 aromatic rings. The zero-order valence-corrected chi connectivity index (χ0v) is 13.1. The van der Waals surface area contributed by atoms with E-state index in [0.717, 1.165) is 26.1 Å². The molecule has 1 fully saturated rings. The molecule has 1 aliphatic heterocycles. The number of anilines is 1. The van der Waals surface area contributed by atoms with E-state index in [2.05, 4.69) is 65.1 Å². The highest BCUT2D eigenvalue weighted by Gasteiger charge is 2.22. The van der Waals surface area contributed by atoms with Crippen LogP contribution >= 0.6 is 15.9 Å². The van der Waals surface area contributed by atoms with Crippen molar-refractivity contribution in [2.75, 3.05) is 24.5 Å². The largest absolute Gasteiger partial charge is 0.368 e. The van der Waals surface area contributed by atoms with Gasteiger partial charge in [-0.15, -0.1) is 0 Å². The van der Waals surface area contributed by atoms with Gasteiger partial charge < -0.3 is 10.2 Å². The van der Waals surface area contributed by atoms with Crippen molar-refractivity contribution < 1.29 is 0 Å². The Labute approximate surface area is 119 Å². The molecular formula is C15H23BrN2. The van der Waals surface area contributed by atoms with Crippen LogP contribution in [-0.4, -0.2) is 25.7 Å². The van der Waals surface area contributed by atoms with E-state index in [1.54, 1.807) is 0 Å². The topological polar surface area (TPSA) is 15.3 Å². The monoisotopic (exact) mass is 310 g/mol. The van der Waals surface area contributed by atoms with E-state index in [4.69, 9.17) is 0 Å². The van der Waals surface area contributed by atoms with Crippen molar-refractivity contribution in [3.63, 3.8) is 0 Å². The first-order valence-electron chi connectivity index (χ1n) is 6.88. The van der Waals surface area contributed by atoms with Crippen molar-refractivity contribution in [2.24, 2.45) is 5.92 Å². The number of piperazine rings is 1. The third kappa shape index (κ3) is 3.07. The van der Waals surface area contributed by atoms with E-state index in [0.29, 0.717) is 12.0 Å². The predicted octanol–water partition coefficient (Wildman–Crippen LogP) is 3.45. The summed E-state index contributed by atoms with van der Waals surface area (Å²) in [5.41, 5.74) is 2.85. The molecule has 1 N–H and O–H groups in total. The maximum Gasteiger partial charge on any atom is 0.0400 e. The molecule has 0 amide bonds. The molecule has 0 spiro atoms. The maximum absolute atomic E-state index is 3.62. The zero-order chi connectivity index (χ0) is 13.1. The normalized spacial score (nSPS) is 20.5. The lowest BCUT2D eigenvalue weighted by atomic mass is 10.0. The maximum atomic E-state index is 3.62. The SMILES string of the molecule is CCc1cc(Br)ccc1N1CCNC(C(C)C)C1. The molecule has 1 unspecified atom stereocenters. The highest BCUT2D eigenvalue weighted by Crippen LogP contribution is 2.26. The molecule has 0 aliphatic carbocycles. The number of halogens is 1. The second kappa shape index (κ2) is 6.07. The molecule has 2 nitrogen and oxygen atoms in total. The zero-order valence-electron chi connectivity index (χ0n) is 11.5. The molecule has 1 atom stereocenters. The van der Waals surface area contributed by atoms with Crippen LogP contribution in [0.4, 0.5) is 5.69 Å². The number of hydrogen-bond donors (Lipinski definition) is 1. The smallest absolute Gasteiger partial charge is 0.0400 e. The average Bonchev–Trinajstić information content (AvgIpc) is 2.38. The Balaban J connectivity index is 2.20. The van der Waals surface area contributed by atoms with Gasteiger partial charge in [-0.1, -0.05) is 36.7 Å². The van der Waals surface area contributed by atoms with Crippen LogP contribution in [0.2, 0.25) is 0 Å². The number of hydrogen-bond acceptors (Lipinski definition) is 2. The summed E-state index contributed by atoms with van der Waals surface area (Å²) < 4.78 is 1.18. The molecular weight excluding hydrogens is 288 g/mol. The lowest BCUT2D eigenvalue weighted by molar-refractivity contribution is 0.368. The minimum atomic E-state index is 0.604. The van der Waals surface area contributed by atoms with E-state index in [-0.39, 0.29) is 0 Å². The summed E-state index contributed by atoms with van der Waals surface area (Å²) >= 11 is 3.57. The first-order valence-corrected chi connectivity index (χ1v) is 7.68. The molecule has 1 aromatic carbocycles. The van der Waals surface area contributed by atoms with Crippen molar-refractivity contribution in [3.8, 4) is 0 Å². The summed E-state index contributed by atoms with van der Waals surface area (Å²) in [5.74, 6) is 0.688. The van der Waals surface area contributed by atoms with Crippen molar-refractivity contribution in [1.82, 2.24) is 5.32 Å². The Hall–Kier alpha value is -0.540. The fraction of sp³-hybridized carbons (Fsp3) is 0.600. The first-order chi connectivity index (χ1) is 8.61. The van der Waals surface area contributed by atoms with Crippen molar-refractivity contribution in [1.29, 1.82) is 0 Å². The number of rotatable bonds is 3. The van der Waals surface area contributed by atoms with Crippen molar-refractivity contribution in [2.45, 2.75) is 33.2 Å². The van der Waals surface area contributed by atoms with Crippen LogP contribution in [0.25, 0.3) is 0 Å². The third-order valence-corrected chi connectivity index (χ3v) is 4.27. The Morgan fingerprint density at radius 2 is 2.22 bits per heavy atom. The van der Waals surface area contributed by atoms with Gasteiger partial charge in [0, 0.05) is 35.8 Å². The molecule has 1 heterocycles. The van der Waals surface area contributed by atoms with E-state index >= 15 is 0 Å². The standard InChI is InChI=1S/C15H23BrN2/c1-4-12-9-13(16)5-6-15(12)18-8-7-17-14(10-18)11(2)3/h5-6,9,11,14,17H,4,7-8,10H2,1-3H3. The average molecular weight is 311 g/mol. The number of nitrogens with zero attached hydrogens (tertiary/aromatic N) is 1. The molecule has 3 heteroatoms. The highest BCUT2D eigenvalue weighted by atomic mass is 79.9. The van der Waals surface area contributed by atoms with Gasteiger partial charge in [-0.25, -0.2) is 0 Å². The fourth-order valence-electron chi connectivity index (χ4n) is 2.59. The van der Waals surface area contributed by atoms with E-state index in [1.165, 1.54) is 15.7 Å². The second-order valence-electron chi connectivity index (χ2n) is 5.38. The second-order valence-corrected chi connectivity index (χ2v) is 6.29. The molecule has 0 saturated carbocycles. The van der Waals surface area contributed by atoms with Gasteiger partial charge >= 0.3 is 0 Å². The highest BCUT2D eigenvalue weighted by molar-refractivity contribution is 9.10. The van der Waals surface area contributed by atoms with E-state index in [1.807, 2.05) is 0 Å². The van der Waals surface area contributed by atoms with Gasteiger partial charge in [0.2, 0.25) is 0 Å². The number of aryl methyl sites for hydroxylation is 1. The van der Waals surface area contributed by atoms with Gasteiger partial charge in [0.1, 0.15) is 0 Å². The van der Waals surface area contributed by atoms with Crippen LogP contribution in [0.3, 0.4) is 0 Å². The summed E-state index contributed by atoms with van der Waals surface area (Å²) in [6.07, 6.45) is 1.09. The Morgan fingerprint density at radius 1 is 1.44 bits per heavy atom. The van der Waals surface area contributed by atoms with Gasteiger partial charge in [0.05, 0.1) is 0 Å². The molecule has 0 aromatic heterocycles. The van der Waals surface area contributed by atoms with Gasteiger partial charge in [-0.3, -0.25) is 0 Å². The van der Waals surface area contributed by atoms with Gasteiger partial charge in [0.15, 0.2) is 0 Å². The quantitative estimate of drug-likeness (QED) is 0.920. The van der Waals surface area contributed by atoms with E-state index in [9.17, 15) is 0 Å². The summed E-state index contributed by atoms with van der Waals surface area (Å²) in [7, 11) is 0. The summed E-state index contributed by atoms with van der Waals surface area (Å²) in [6, 6.07) is 7.26. The first kappa shape index (κ1) is 13.9. The summed E-state index contributed by atoms with van der Waals surface area (Å²) in [4.78, 5) is 2.53. The number of nitrogens with one attached hydrogen (secondary N) is 1. The van der Waals surface area contributed by atoms with Crippen LogP contribution < -0.4 is 10.2 Å². The Bertz CT molecular complexity index is 403. The van der Waals surface area contributed by atoms with Gasteiger partial charge in [0.25, 0.3) is 0 Å². The van der Waals surface area contributed by atoms with Crippen LogP contribution in [0.5, 0.6) is 0 Å². The van der Waals surface area contributed by atoms with Crippen LogP contribution in [0.1, 0.15) is 26.3 Å². The van der Waals surface area contributed by atoms with Crippen LogP contribution in [-0.2, 0) is 6.42 Å². The third-order valence-electron chi connectivity index (χ3n) is 3.77. The van der Waals surface area contributed by atoms with Gasteiger partial charge in [-0.05, 0) is 36.1 Å². The molecule has 100 valence electrons. The lowest BCUT2D eigenvalue weighted by Gasteiger charge is -2.38. The van der Waals surface area contributed by atoms with Crippen molar-refractivity contribution >= 4 is 21.6 Å². The molecule has 1 saturated heterocycles. The minimum absolute atomic E-state index is 0.604. The lowest BCUT2D eigenvalue weighted by Crippen LogP contribution is -2.53. The van der Waals surface area contributed by atoms with Crippen molar-refractivity contribution in [3.05, 3.63) is 28.2 Å². The Morgan fingerprint density at radius 3 is 2.89 bits per heavy atom. The molecule has 0 radical (unpaired) electrons. The summed E-state index contributed by atoms with van der Waals surface area (Å²) in [5, 5.41) is 3.62. The van der Waals surface area contributed by atoms with Crippen LogP contribution in [0.15, 0.2) is 22.7 Å². The molecule has 2 rings (SSSR count). The van der Waals surface area contributed by atoms with E-state index < -0.39 is 0 Å². The molecule has 0 bridgehead atoms. The molecule has 1 aliphatic rings. The summed E-state index contributed by atoms with van der Waals surface area (Å²) in [6.45, 7) is 10.1. The predicted molar refractivity (Wildman–Crippen MR) is 82.4 cm³/mol. The molecule has 18 heavy (non-hydrogen) atoms. The number of benzene rings is 1. The fourth-order valence-corrected chi connectivity index (χ4v) is 3.00.